The van der Waals surface area contributed by atoms with Gasteiger partial charge in [0.05, 0.1) is 18.2 Å². The third kappa shape index (κ3) is 4.19. The van der Waals surface area contributed by atoms with Crippen LogP contribution in [0.3, 0.4) is 0 Å². The number of amides is 1. The SMILES string of the molecule is O=C(N[C@H](CO)Cc1ccc(O)cc1)c1cc(Cl)ccc1F. The van der Waals surface area contributed by atoms with Crippen molar-refractivity contribution in [3.8, 4) is 5.75 Å². The summed E-state index contributed by atoms with van der Waals surface area (Å²) in [7, 11) is 0. The zero-order valence-corrected chi connectivity index (χ0v) is 12.3. The summed E-state index contributed by atoms with van der Waals surface area (Å²) in [5, 5.41) is 21.4. The summed E-state index contributed by atoms with van der Waals surface area (Å²) in [6, 6.07) is 9.54. The Morgan fingerprint density at radius 1 is 1.23 bits per heavy atom. The van der Waals surface area contributed by atoms with Crippen LogP contribution in [-0.2, 0) is 6.42 Å². The molecule has 0 aromatic heterocycles. The lowest BCUT2D eigenvalue weighted by Gasteiger charge is -2.17. The van der Waals surface area contributed by atoms with Gasteiger partial charge in [0, 0.05) is 5.02 Å². The number of carbonyl (C=O) groups is 1. The number of phenols is 1. The van der Waals surface area contributed by atoms with Gasteiger partial charge in [-0.05, 0) is 42.3 Å². The summed E-state index contributed by atoms with van der Waals surface area (Å²) >= 11 is 5.76. The Balaban J connectivity index is 2.07. The average molecular weight is 324 g/mol. The molecule has 0 aliphatic carbocycles. The number of aromatic hydroxyl groups is 1. The number of aliphatic hydroxyl groups excluding tert-OH is 1. The van der Waals surface area contributed by atoms with Crippen molar-refractivity contribution < 1.29 is 19.4 Å². The van der Waals surface area contributed by atoms with E-state index in [-0.39, 0.29) is 22.9 Å². The van der Waals surface area contributed by atoms with E-state index in [4.69, 9.17) is 11.6 Å². The fraction of sp³-hybridized carbons (Fsp3) is 0.188. The topological polar surface area (TPSA) is 69.6 Å². The number of hydrogen-bond acceptors (Lipinski definition) is 3. The highest BCUT2D eigenvalue weighted by molar-refractivity contribution is 6.31. The number of rotatable bonds is 5. The molecule has 1 amide bonds. The molecule has 0 radical (unpaired) electrons. The van der Waals surface area contributed by atoms with Gasteiger partial charge in [0.2, 0.25) is 0 Å². The van der Waals surface area contributed by atoms with E-state index < -0.39 is 17.8 Å². The lowest BCUT2D eigenvalue weighted by Crippen LogP contribution is -2.39. The normalized spacial score (nSPS) is 12.0. The van der Waals surface area contributed by atoms with Gasteiger partial charge in [-0.2, -0.15) is 0 Å². The van der Waals surface area contributed by atoms with Crippen molar-refractivity contribution in [2.45, 2.75) is 12.5 Å². The van der Waals surface area contributed by atoms with E-state index >= 15 is 0 Å². The van der Waals surface area contributed by atoms with Crippen LogP contribution in [0.4, 0.5) is 4.39 Å². The first-order valence-electron chi connectivity index (χ1n) is 6.64. The van der Waals surface area contributed by atoms with Crippen molar-refractivity contribution in [1.82, 2.24) is 5.32 Å². The maximum atomic E-state index is 13.6. The van der Waals surface area contributed by atoms with Crippen LogP contribution in [-0.4, -0.2) is 28.8 Å². The van der Waals surface area contributed by atoms with Crippen LogP contribution < -0.4 is 5.32 Å². The molecule has 1 atom stereocenters. The minimum Gasteiger partial charge on any atom is -0.508 e. The Morgan fingerprint density at radius 3 is 2.55 bits per heavy atom. The van der Waals surface area contributed by atoms with Crippen molar-refractivity contribution >= 4 is 17.5 Å². The van der Waals surface area contributed by atoms with Gasteiger partial charge in [-0.3, -0.25) is 4.79 Å². The minimum absolute atomic E-state index is 0.134. The molecule has 22 heavy (non-hydrogen) atoms. The Kier molecular flexibility index (Phi) is 5.35. The number of halogens is 2. The average Bonchev–Trinajstić information content (AvgIpc) is 2.51. The van der Waals surface area contributed by atoms with Gasteiger partial charge in [0.1, 0.15) is 11.6 Å². The van der Waals surface area contributed by atoms with E-state index in [2.05, 4.69) is 5.32 Å². The van der Waals surface area contributed by atoms with Crippen molar-refractivity contribution in [2.75, 3.05) is 6.61 Å². The standard InChI is InChI=1S/C16H15ClFNO3/c17-11-3-6-15(18)14(8-11)16(22)19-12(9-20)7-10-1-4-13(21)5-2-10/h1-6,8,12,20-21H,7,9H2,(H,19,22)/t12-/m0/s1. The third-order valence-corrected chi connectivity index (χ3v) is 3.38. The quantitative estimate of drug-likeness (QED) is 0.792. The van der Waals surface area contributed by atoms with E-state index in [0.717, 1.165) is 11.6 Å². The van der Waals surface area contributed by atoms with Gasteiger partial charge < -0.3 is 15.5 Å². The van der Waals surface area contributed by atoms with E-state index in [1.165, 1.54) is 24.3 Å². The molecule has 0 aliphatic heterocycles. The van der Waals surface area contributed by atoms with Crippen molar-refractivity contribution in [2.24, 2.45) is 0 Å². The van der Waals surface area contributed by atoms with Crippen LogP contribution in [0.5, 0.6) is 5.75 Å². The number of carbonyl (C=O) groups excluding carboxylic acids is 1. The largest absolute Gasteiger partial charge is 0.508 e. The number of benzene rings is 2. The van der Waals surface area contributed by atoms with Gasteiger partial charge in [-0.15, -0.1) is 0 Å². The molecule has 2 aromatic rings. The first kappa shape index (κ1) is 16.3. The molecule has 6 heteroatoms. The van der Waals surface area contributed by atoms with Crippen LogP contribution in [0.1, 0.15) is 15.9 Å². The Hall–Kier alpha value is -2.11. The molecule has 2 aromatic carbocycles. The van der Waals surface area contributed by atoms with Crippen LogP contribution >= 0.6 is 11.6 Å². The number of hydrogen-bond donors (Lipinski definition) is 3. The Bertz CT molecular complexity index is 661. The summed E-state index contributed by atoms with van der Waals surface area (Å²) in [5.74, 6) is -1.18. The van der Waals surface area contributed by atoms with E-state index in [1.807, 2.05) is 0 Å². The summed E-state index contributed by atoms with van der Waals surface area (Å²) in [5.41, 5.74) is 0.653. The summed E-state index contributed by atoms with van der Waals surface area (Å²) in [6.45, 7) is -0.297. The molecule has 0 bridgehead atoms. The fourth-order valence-electron chi connectivity index (χ4n) is 2.01. The molecule has 0 fully saturated rings. The highest BCUT2D eigenvalue weighted by Gasteiger charge is 2.17. The second-order valence-electron chi connectivity index (χ2n) is 4.85. The molecule has 2 rings (SSSR count). The van der Waals surface area contributed by atoms with Gasteiger partial charge >= 0.3 is 0 Å². The lowest BCUT2D eigenvalue weighted by molar-refractivity contribution is 0.0912. The van der Waals surface area contributed by atoms with Crippen molar-refractivity contribution in [3.63, 3.8) is 0 Å². The fourth-order valence-corrected chi connectivity index (χ4v) is 2.18. The zero-order valence-electron chi connectivity index (χ0n) is 11.6. The maximum Gasteiger partial charge on any atom is 0.254 e. The molecular formula is C16H15ClFNO3. The highest BCUT2D eigenvalue weighted by atomic mass is 35.5. The van der Waals surface area contributed by atoms with Crippen molar-refractivity contribution in [3.05, 3.63) is 64.4 Å². The number of nitrogens with one attached hydrogen (secondary N) is 1. The van der Waals surface area contributed by atoms with Crippen LogP contribution in [0, 0.1) is 5.82 Å². The Morgan fingerprint density at radius 2 is 1.91 bits per heavy atom. The molecule has 3 N–H and O–H groups in total. The molecule has 0 saturated carbocycles. The number of phenolic OH excluding ortho intramolecular Hbond substituents is 1. The van der Waals surface area contributed by atoms with E-state index in [1.54, 1.807) is 12.1 Å². The number of aliphatic hydroxyl groups is 1. The molecule has 4 nitrogen and oxygen atoms in total. The predicted octanol–water partition coefficient (Wildman–Crippen LogP) is 2.52. The highest BCUT2D eigenvalue weighted by Crippen LogP contribution is 2.16. The van der Waals surface area contributed by atoms with E-state index in [0.29, 0.717) is 6.42 Å². The van der Waals surface area contributed by atoms with Gasteiger partial charge in [-0.25, -0.2) is 4.39 Å². The second kappa shape index (κ2) is 7.24. The summed E-state index contributed by atoms with van der Waals surface area (Å²) in [6.07, 6.45) is 0.352. The van der Waals surface area contributed by atoms with Gasteiger partial charge in [0.15, 0.2) is 0 Å². The molecule has 116 valence electrons. The minimum atomic E-state index is -0.678. The zero-order chi connectivity index (χ0) is 16.1. The Labute approximate surface area is 132 Å². The summed E-state index contributed by atoms with van der Waals surface area (Å²) in [4.78, 5) is 12.1. The molecule has 0 aliphatic rings. The molecular weight excluding hydrogens is 309 g/mol. The monoisotopic (exact) mass is 323 g/mol. The smallest absolute Gasteiger partial charge is 0.254 e. The van der Waals surface area contributed by atoms with Crippen molar-refractivity contribution in [1.29, 1.82) is 0 Å². The van der Waals surface area contributed by atoms with Crippen LogP contribution in [0.2, 0.25) is 5.02 Å². The van der Waals surface area contributed by atoms with E-state index in [9.17, 15) is 19.4 Å². The third-order valence-electron chi connectivity index (χ3n) is 3.15. The van der Waals surface area contributed by atoms with Crippen LogP contribution in [0.25, 0.3) is 0 Å². The van der Waals surface area contributed by atoms with Gasteiger partial charge in [0.25, 0.3) is 5.91 Å². The van der Waals surface area contributed by atoms with Gasteiger partial charge in [-0.1, -0.05) is 23.7 Å². The molecule has 0 heterocycles. The van der Waals surface area contributed by atoms with Crippen LogP contribution in [0.15, 0.2) is 42.5 Å². The summed E-state index contributed by atoms with van der Waals surface area (Å²) < 4.78 is 13.6. The second-order valence-corrected chi connectivity index (χ2v) is 5.28. The molecule has 0 saturated heterocycles. The molecule has 0 spiro atoms. The first-order valence-corrected chi connectivity index (χ1v) is 7.02. The molecule has 0 unspecified atom stereocenters. The predicted molar refractivity (Wildman–Crippen MR) is 81.6 cm³/mol. The maximum absolute atomic E-state index is 13.6. The lowest BCUT2D eigenvalue weighted by atomic mass is 10.1. The first-order chi connectivity index (χ1) is 10.5.